The second kappa shape index (κ2) is 8.06. The lowest BCUT2D eigenvalue weighted by molar-refractivity contribution is -0.134. The second-order valence-electron chi connectivity index (χ2n) is 9.10. The van der Waals surface area contributed by atoms with Gasteiger partial charge in [0.15, 0.2) is 0 Å². The number of nitrogens with zero attached hydrogens (tertiary/aromatic N) is 1. The van der Waals surface area contributed by atoms with E-state index in [2.05, 4.69) is 9.72 Å². The molecule has 1 N–H and O–H groups in total. The van der Waals surface area contributed by atoms with E-state index in [1.54, 1.807) is 0 Å². The summed E-state index contributed by atoms with van der Waals surface area (Å²) < 4.78 is 50.4. The van der Waals surface area contributed by atoms with Crippen LogP contribution in [0.5, 0.6) is 0 Å². The van der Waals surface area contributed by atoms with Crippen LogP contribution in [0, 0.1) is 11.6 Å². The SMILES string of the molecule is COC(=O)/C=C/c1cc(F)c([C@@H]2c3[nH]c4ccccc4c3C[C@@H](C)N2CC2(F)CC2)c(F)c1. The second-order valence-corrected chi connectivity index (χ2v) is 9.10. The first kappa shape index (κ1) is 21.8. The maximum Gasteiger partial charge on any atom is 0.330 e. The number of hydrogen-bond donors (Lipinski definition) is 1. The summed E-state index contributed by atoms with van der Waals surface area (Å²) in [4.78, 5) is 16.6. The van der Waals surface area contributed by atoms with Gasteiger partial charge in [-0.2, -0.15) is 0 Å². The van der Waals surface area contributed by atoms with Gasteiger partial charge in [-0.05, 0) is 61.6 Å². The van der Waals surface area contributed by atoms with Crippen LogP contribution in [0.25, 0.3) is 17.0 Å². The number of aromatic nitrogens is 1. The standard InChI is InChI=1S/C26H25F3N2O2/c1-15-11-18-17-5-3-4-6-21(17)30-24(18)25(31(15)14-26(29)9-10-26)23-19(27)12-16(13-20(23)28)7-8-22(32)33-2/h3-8,12-13,15,25,30H,9-11,14H2,1-2H3/b8-7+/t15-,25-/m1/s1. The summed E-state index contributed by atoms with van der Waals surface area (Å²) in [6.45, 7) is 2.10. The number of para-hydroxylation sites is 1. The van der Waals surface area contributed by atoms with Gasteiger partial charge in [0.2, 0.25) is 0 Å². The molecule has 3 aromatic rings. The summed E-state index contributed by atoms with van der Waals surface area (Å²) in [7, 11) is 1.23. The molecule has 5 rings (SSSR count). The monoisotopic (exact) mass is 454 g/mol. The molecule has 1 saturated carbocycles. The van der Waals surface area contributed by atoms with Crippen molar-refractivity contribution in [2.75, 3.05) is 13.7 Å². The van der Waals surface area contributed by atoms with Crippen LogP contribution in [0.2, 0.25) is 0 Å². The molecule has 1 aromatic heterocycles. The highest BCUT2D eigenvalue weighted by Crippen LogP contribution is 2.47. The maximum atomic E-state index is 15.5. The van der Waals surface area contributed by atoms with Gasteiger partial charge in [-0.25, -0.2) is 18.0 Å². The average Bonchev–Trinajstić information content (AvgIpc) is 3.40. The quantitative estimate of drug-likeness (QED) is 0.411. The predicted molar refractivity (Wildman–Crippen MR) is 120 cm³/mol. The fourth-order valence-corrected chi connectivity index (χ4v) is 4.88. The molecule has 1 fully saturated rings. The molecule has 0 spiro atoms. The predicted octanol–water partition coefficient (Wildman–Crippen LogP) is 5.47. The molecule has 1 aliphatic carbocycles. The van der Waals surface area contributed by atoms with Gasteiger partial charge >= 0.3 is 5.97 Å². The van der Waals surface area contributed by atoms with E-state index in [0.29, 0.717) is 25.0 Å². The van der Waals surface area contributed by atoms with Gasteiger partial charge in [-0.3, -0.25) is 4.90 Å². The highest BCUT2D eigenvalue weighted by atomic mass is 19.1. The van der Waals surface area contributed by atoms with E-state index in [4.69, 9.17) is 0 Å². The lowest BCUT2D eigenvalue weighted by atomic mass is 9.87. The topological polar surface area (TPSA) is 45.3 Å². The van der Waals surface area contributed by atoms with Crippen LogP contribution in [0.3, 0.4) is 0 Å². The summed E-state index contributed by atoms with van der Waals surface area (Å²) in [6.07, 6.45) is 4.00. The molecule has 172 valence electrons. The maximum absolute atomic E-state index is 15.5. The molecule has 0 bridgehead atoms. The number of nitrogens with one attached hydrogen (secondary N) is 1. The van der Waals surface area contributed by atoms with Crippen molar-refractivity contribution >= 4 is 22.9 Å². The van der Waals surface area contributed by atoms with Crippen molar-refractivity contribution in [3.05, 3.63) is 76.5 Å². The van der Waals surface area contributed by atoms with Crippen molar-refractivity contribution in [1.29, 1.82) is 0 Å². The lowest BCUT2D eigenvalue weighted by Gasteiger charge is -2.42. The molecule has 7 heteroatoms. The van der Waals surface area contributed by atoms with Crippen LogP contribution in [0.1, 0.15) is 48.2 Å². The Labute approximate surface area is 190 Å². The van der Waals surface area contributed by atoms with Crippen LogP contribution in [-0.4, -0.2) is 41.2 Å². The zero-order valence-corrected chi connectivity index (χ0v) is 18.5. The number of H-pyrrole nitrogens is 1. The fraction of sp³-hybridized carbons (Fsp3) is 0.346. The first-order valence-electron chi connectivity index (χ1n) is 11.1. The number of aromatic amines is 1. The average molecular weight is 454 g/mol. The van der Waals surface area contributed by atoms with Crippen LogP contribution >= 0.6 is 0 Å². The molecule has 2 heterocycles. The molecule has 2 atom stereocenters. The smallest absolute Gasteiger partial charge is 0.330 e. The Morgan fingerprint density at radius 1 is 1.24 bits per heavy atom. The first-order valence-corrected chi connectivity index (χ1v) is 11.1. The van der Waals surface area contributed by atoms with Crippen molar-refractivity contribution in [2.24, 2.45) is 0 Å². The minimum atomic E-state index is -1.31. The molecule has 2 aromatic carbocycles. The number of esters is 1. The summed E-state index contributed by atoms with van der Waals surface area (Å²) in [6, 6.07) is 9.27. The van der Waals surface area contributed by atoms with Gasteiger partial charge in [0, 0.05) is 40.8 Å². The summed E-state index contributed by atoms with van der Waals surface area (Å²) in [5.74, 6) is -2.10. The third-order valence-corrected chi connectivity index (χ3v) is 6.76. The van der Waals surface area contributed by atoms with Crippen molar-refractivity contribution < 1.29 is 22.7 Å². The Bertz CT molecular complexity index is 1240. The van der Waals surface area contributed by atoms with Gasteiger partial charge in [0.1, 0.15) is 17.3 Å². The number of fused-ring (bicyclic) bond motifs is 3. The third kappa shape index (κ3) is 3.95. The molecular formula is C26H25F3N2O2. The Morgan fingerprint density at radius 3 is 2.61 bits per heavy atom. The van der Waals surface area contributed by atoms with Gasteiger partial charge < -0.3 is 9.72 Å². The number of rotatable bonds is 5. The zero-order chi connectivity index (χ0) is 23.3. The molecule has 33 heavy (non-hydrogen) atoms. The number of methoxy groups -OCH3 is 1. The van der Waals surface area contributed by atoms with Crippen molar-refractivity contribution in [2.45, 2.75) is 43.9 Å². The largest absolute Gasteiger partial charge is 0.466 e. The highest BCUT2D eigenvalue weighted by Gasteiger charge is 2.49. The number of carbonyl (C=O) groups excluding carboxylic acids is 1. The van der Waals surface area contributed by atoms with Crippen LogP contribution in [0.4, 0.5) is 13.2 Å². The van der Waals surface area contributed by atoms with Gasteiger partial charge in [0.25, 0.3) is 0 Å². The molecule has 0 unspecified atom stereocenters. The van der Waals surface area contributed by atoms with E-state index in [-0.39, 0.29) is 23.7 Å². The minimum Gasteiger partial charge on any atom is -0.466 e. The Hall–Kier alpha value is -3.06. The first-order chi connectivity index (χ1) is 15.8. The van der Waals surface area contributed by atoms with Crippen molar-refractivity contribution in [3.63, 3.8) is 0 Å². The number of benzene rings is 2. The molecule has 1 aliphatic heterocycles. The lowest BCUT2D eigenvalue weighted by Crippen LogP contribution is -2.46. The van der Waals surface area contributed by atoms with E-state index in [1.165, 1.54) is 25.3 Å². The van der Waals surface area contributed by atoms with E-state index >= 15 is 8.78 Å². The van der Waals surface area contributed by atoms with Gasteiger partial charge in [-0.1, -0.05) is 18.2 Å². The minimum absolute atomic E-state index is 0.104. The van der Waals surface area contributed by atoms with Crippen molar-refractivity contribution in [1.82, 2.24) is 9.88 Å². The molecule has 2 aliphatic rings. The highest BCUT2D eigenvalue weighted by molar-refractivity contribution is 5.87. The summed E-state index contributed by atoms with van der Waals surface area (Å²) in [5.41, 5.74) is 1.38. The van der Waals surface area contributed by atoms with E-state index in [9.17, 15) is 9.18 Å². The fourth-order valence-electron chi connectivity index (χ4n) is 4.88. The summed E-state index contributed by atoms with van der Waals surface area (Å²) in [5, 5.41) is 1.02. The molecule has 0 amide bonds. The number of halogens is 3. The normalized spacial score (nSPS) is 22.0. The Kier molecular flexibility index (Phi) is 5.32. The van der Waals surface area contributed by atoms with Crippen LogP contribution in [0.15, 0.2) is 42.5 Å². The van der Waals surface area contributed by atoms with E-state index in [0.717, 1.165) is 22.5 Å². The van der Waals surface area contributed by atoms with Crippen LogP contribution in [-0.2, 0) is 16.0 Å². The number of carbonyl (C=O) groups is 1. The Morgan fingerprint density at radius 2 is 1.94 bits per heavy atom. The molecule has 0 saturated heterocycles. The number of hydrogen-bond acceptors (Lipinski definition) is 3. The molecule has 0 radical (unpaired) electrons. The van der Waals surface area contributed by atoms with E-state index in [1.807, 2.05) is 36.1 Å². The summed E-state index contributed by atoms with van der Waals surface area (Å²) >= 11 is 0. The molecule has 4 nitrogen and oxygen atoms in total. The zero-order valence-electron chi connectivity index (χ0n) is 18.5. The van der Waals surface area contributed by atoms with Gasteiger partial charge in [-0.15, -0.1) is 0 Å². The van der Waals surface area contributed by atoms with Gasteiger partial charge in [0.05, 0.1) is 13.2 Å². The Balaban J connectivity index is 1.65. The molecular weight excluding hydrogens is 429 g/mol. The number of alkyl halides is 1. The van der Waals surface area contributed by atoms with Crippen LogP contribution < -0.4 is 0 Å². The van der Waals surface area contributed by atoms with Crippen molar-refractivity contribution in [3.8, 4) is 0 Å². The van der Waals surface area contributed by atoms with E-state index < -0.39 is 29.3 Å². The number of ether oxygens (including phenoxy) is 1. The third-order valence-electron chi connectivity index (χ3n) is 6.76.